The van der Waals surface area contributed by atoms with E-state index in [9.17, 15) is 9.59 Å². The van der Waals surface area contributed by atoms with Gasteiger partial charge in [0.05, 0.1) is 13.0 Å². The van der Waals surface area contributed by atoms with Crippen molar-refractivity contribution in [1.29, 1.82) is 0 Å². The number of nitrogens with one attached hydrogen (secondary N) is 1. The van der Waals surface area contributed by atoms with E-state index < -0.39 is 17.9 Å². The van der Waals surface area contributed by atoms with Crippen LogP contribution in [0.3, 0.4) is 0 Å². The van der Waals surface area contributed by atoms with Crippen molar-refractivity contribution in [3.8, 4) is 11.1 Å². The molecule has 0 spiro atoms. The predicted molar refractivity (Wildman–Crippen MR) is 113 cm³/mol. The number of benzene rings is 3. The van der Waals surface area contributed by atoms with Gasteiger partial charge in [-0.25, -0.2) is 4.79 Å². The standard InChI is InChI=1S/C25H23NO3/c1-16-11-13-17(14-12-16)15-22(25(28)29-2)26-24(27)23-20-9-5-3-7-18(20)19-8-4-6-10-21(19)23/h3-14,22-23H,15H2,1-2H3,(H,26,27)/t22-/m1/s1. The summed E-state index contributed by atoms with van der Waals surface area (Å²) in [6.07, 6.45) is 0.384. The molecular weight excluding hydrogens is 362 g/mol. The van der Waals surface area contributed by atoms with E-state index in [1.54, 1.807) is 0 Å². The van der Waals surface area contributed by atoms with Crippen molar-refractivity contribution < 1.29 is 14.3 Å². The van der Waals surface area contributed by atoms with Crippen molar-refractivity contribution in [2.24, 2.45) is 0 Å². The van der Waals surface area contributed by atoms with Crippen LogP contribution in [0.4, 0.5) is 0 Å². The third kappa shape index (κ3) is 3.66. The zero-order valence-corrected chi connectivity index (χ0v) is 16.5. The molecule has 3 aromatic carbocycles. The van der Waals surface area contributed by atoms with Crippen LogP contribution in [0.5, 0.6) is 0 Å². The van der Waals surface area contributed by atoms with Crippen LogP contribution in [0, 0.1) is 6.92 Å². The minimum absolute atomic E-state index is 0.190. The molecule has 3 aromatic rings. The molecule has 0 radical (unpaired) electrons. The Hall–Kier alpha value is -3.40. The molecule has 4 rings (SSSR count). The van der Waals surface area contributed by atoms with Crippen molar-refractivity contribution in [2.75, 3.05) is 7.11 Å². The number of amides is 1. The first-order chi connectivity index (χ1) is 14.1. The molecule has 1 N–H and O–H groups in total. The van der Waals surface area contributed by atoms with Gasteiger partial charge in [0, 0.05) is 6.42 Å². The Labute approximate surface area is 170 Å². The Morgan fingerprint density at radius 3 is 2.00 bits per heavy atom. The molecule has 4 heteroatoms. The van der Waals surface area contributed by atoms with Crippen LogP contribution in [0.1, 0.15) is 28.2 Å². The highest BCUT2D eigenvalue weighted by molar-refractivity contribution is 5.97. The van der Waals surface area contributed by atoms with Crippen molar-refractivity contribution in [3.63, 3.8) is 0 Å². The van der Waals surface area contributed by atoms with E-state index in [1.807, 2.05) is 79.7 Å². The number of rotatable bonds is 5. The lowest BCUT2D eigenvalue weighted by atomic mass is 9.95. The number of hydrogen-bond acceptors (Lipinski definition) is 3. The minimum Gasteiger partial charge on any atom is -0.467 e. The highest BCUT2D eigenvalue weighted by Gasteiger charge is 2.35. The summed E-state index contributed by atoms with van der Waals surface area (Å²) in [5.41, 5.74) is 6.17. The number of carbonyl (C=O) groups excluding carboxylic acids is 2. The van der Waals surface area contributed by atoms with Gasteiger partial charge in [-0.3, -0.25) is 4.79 Å². The molecule has 0 bridgehead atoms. The Bertz CT molecular complexity index is 1010. The zero-order chi connectivity index (χ0) is 20.4. The normalized spacial score (nSPS) is 13.3. The molecule has 4 nitrogen and oxygen atoms in total. The monoisotopic (exact) mass is 385 g/mol. The summed E-state index contributed by atoms with van der Waals surface area (Å²) in [6.45, 7) is 2.01. The van der Waals surface area contributed by atoms with E-state index in [-0.39, 0.29) is 5.91 Å². The highest BCUT2D eigenvalue weighted by Crippen LogP contribution is 2.44. The molecule has 0 heterocycles. The number of fused-ring (bicyclic) bond motifs is 3. The van der Waals surface area contributed by atoms with E-state index in [4.69, 9.17) is 4.74 Å². The van der Waals surface area contributed by atoms with Gasteiger partial charge in [0.1, 0.15) is 6.04 Å². The quantitative estimate of drug-likeness (QED) is 0.675. The van der Waals surface area contributed by atoms with Crippen LogP contribution in [-0.4, -0.2) is 25.0 Å². The van der Waals surface area contributed by atoms with Gasteiger partial charge >= 0.3 is 5.97 Å². The Morgan fingerprint density at radius 2 is 1.45 bits per heavy atom. The molecule has 0 unspecified atom stereocenters. The number of ether oxygens (including phenoxy) is 1. The number of esters is 1. The predicted octanol–water partition coefficient (Wildman–Crippen LogP) is 4.01. The van der Waals surface area contributed by atoms with E-state index in [0.717, 1.165) is 33.4 Å². The van der Waals surface area contributed by atoms with Crippen LogP contribution >= 0.6 is 0 Å². The molecular formula is C25H23NO3. The second-order valence-corrected chi connectivity index (χ2v) is 7.38. The van der Waals surface area contributed by atoms with E-state index >= 15 is 0 Å². The lowest BCUT2D eigenvalue weighted by Gasteiger charge is -2.20. The highest BCUT2D eigenvalue weighted by atomic mass is 16.5. The topological polar surface area (TPSA) is 55.4 Å². The minimum atomic E-state index is -0.741. The van der Waals surface area contributed by atoms with Crippen molar-refractivity contribution in [3.05, 3.63) is 95.1 Å². The van der Waals surface area contributed by atoms with Gasteiger partial charge in [0.2, 0.25) is 5.91 Å². The summed E-state index contributed by atoms with van der Waals surface area (Å²) in [6, 6.07) is 23.0. The molecule has 0 aliphatic heterocycles. The zero-order valence-electron chi connectivity index (χ0n) is 16.5. The number of carbonyl (C=O) groups is 2. The van der Waals surface area contributed by atoms with Gasteiger partial charge in [0.15, 0.2) is 0 Å². The number of hydrogen-bond donors (Lipinski definition) is 1. The van der Waals surface area contributed by atoms with Gasteiger partial charge in [-0.1, -0.05) is 78.4 Å². The summed E-state index contributed by atoms with van der Waals surface area (Å²) in [4.78, 5) is 25.7. The van der Waals surface area contributed by atoms with E-state index in [0.29, 0.717) is 6.42 Å². The molecule has 146 valence electrons. The second-order valence-electron chi connectivity index (χ2n) is 7.38. The maximum Gasteiger partial charge on any atom is 0.328 e. The van der Waals surface area contributed by atoms with Crippen LogP contribution in [0.15, 0.2) is 72.8 Å². The largest absolute Gasteiger partial charge is 0.467 e. The van der Waals surface area contributed by atoms with Gasteiger partial charge in [-0.05, 0) is 34.7 Å². The van der Waals surface area contributed by atoms with Crippen LogP contribution < -0.4 is 5.32 Å². The summed E-state index contributed by atoms with van der Waals surface area (Å²) < 4.78 is 4.96. The molecule has 1 atom stereocenters. The summed E-state index contributed by atoms with van der Waals surface area (Å²) in [5.74, 6) is -1.07. The number of aryl methyl sites for hydroxylation is 1. The SMILES string of the molecule is COC(=O)[C@@H](Cc1ccc(C)cc1)NC(=O)C1c2ccccc2-c2ccccc21. The van der Waals surface area contributed by atoms with Crippen molar-refractivity contribution in [1.82, 2.24) is 5.32 Å². The third-order valence-corrected chi connectivity index (χ3v) is 5.46. The Balaban J connectivity index is 1.62. The first kappa shape index (κ1) is 18.9. The maximum absolute atomic E-state index is 13.3. The smallest absolute Gasteiger partial charge is 0.328 e. The Kier molecular flexibility index (Phi) is 5.17. The fourth-order valence-electron chi connectivity index (χ4n) is 3.99. The van der Waals surface area contributed by atoms with E-state index in [1.165, 1.54) is 7.11 Å². The average molecular weight is 385 g/mol. The summed E-state index contributed by atoms with van der Waals surface area (Å²) in [7, 11) is 1.34. The lowest BCUT2D eigenvalue weighted by molar-refractivity contribution is -0.145. The van der Waals surface area contributed by atoms with Crippen LogP contribution in [0.25, 0.3) is 11.1 Å². The van der Waals surface area contributed by atoms with Crippen LogP contribution in [-0.2, 0) is 20.7 Å². The van der Waals surface area contributed by atoms with Gasteiger partial charge < -0.3 is 10.1 Å². The first-order valence-corrected chi connectivity index (χ1v) is 9.70. The lowest BCUT2D eigenvalue weighted by Crippen LogP contribution is -2.45. The maximum atomic E-state index is 13.3. The fourth-order valence-corrected chi connectivity index (χ4v) is 3.99. The van der Waals surface area contributed by atoms with Crippen molar-refractivity contribution in [2.45, 2.75) is 25.3 Å². The Morgan fingerprint density at radius 1 is 0.897 bits per heavy atom. The first-order valence-electron chi connectivity index (χ1n) is 9.70. The molecule has 1 aliphatic rings. The average Bonchev–Trinajstić information content (AvgIpc) is 3.09. The van der Waals surface area contributed by atoms with Crippen molar-refractivity contribution >= 4 is 11.9 Å². The molecule has 1 aliphatic carbocycles. The van der Waals surface area contributed by atoms with Gasteiger partial charge in [-0.15, -0.1) is 0 Å². The molecule has 0 saturated carbocycles. The van der Waals surface area contributed by atoms with Crippen LogP contribution in [0.2, 0.25) is 0 Å². The van der Waals surface area contributed by atoms with E-state index in [2.05, 4.69) is 5.32 Å². The molecule has 1 amide bonds. The van der Waals surface area contributed by atoms with Gasteiger partial charge in [0.25, 0.3) is 0 Å². The summed E-state index contributed by atoms with van der Waals surface area (Å²) in [5, 5.41) is 2.94. The molecule has 0 aromatic heterocycles. The van der Waals surface area contributed by atoms with Gasteiger partial charge in [-0.2, -0.15) is 0 Å². The summed E-state index contributed by atoms with van der Waals surface area (Å²) >= 11 is 0. The molecule has 0 saturated heterocycles. The molecule has 0 fully saturated rings. The second kappa shape index (κ2) is 7.92. The molecule has 29 heavy (non-hydrogen) atoms. The number of methoxy groups -OCH3 is 1. The fraction of sp³-hybridized carbons (Fsp3) is 0.200. The third-order valence-electron chi connectivity index (χ3n) is 5.46.